The van der Waals surface area contributed by atoms with Gasteiger partial charge in [0.1, 0.15) is 0 Å². The Labute approximate surface area is 140 Å². The molecule has 3 aromatic rings. The highest BCUT2D eigenvalue weighted by atomic mass is 16.2. The van der Waals surface area contributed by atoms with E-state index in [1.807, 2.05) is 61.0 Å². The van der Waals surface area contributed by atoms with Gasteiger partial charge in [-0.1, -0.05) is 24.3 Å². The maximum Gasteiger partial charge on any atom is 0.319 e. The molecule has 2 N–H and O–H groups in total. The van der Waals surface area contributed by atoms with E-state index >= 15 is 0 Å². The Morgan fingerprint density at radius 1 is 1.12 bits per heavy atom. The standard InChI is InChI=1S/C18H19N5O/c1-13-17(14(2)23(22-13)16-8-4-3-5-9-16)21-18(24)20-12-15-7-6-10-19-11-15/h3-11H,12H2,1-2H3,(H2,20,21,24). The highest BCUT2D eigenvalue weighted by molar-refractivity contribution is 5.90. The molecule has 24 heavy (non-hydrogen) atoms. The number of carbonyl (C=O) groups excluding carboxylic acids is 1. The molecular formula is C18H19N5O. The summed E-state index contributed by atoms with van der Waals surface area (Å²) in [5, 5.41) is 10.2. The molecule has 0 unspecified atom stereocenters. The van der Waals surface area contributed by atoms with Crippen molar-refractivity contribution < 1.29 is 4.79 Å². The Morgan fingerprint density at radius 2 is 1.92 bits per heavy atom. The summed E-state index contributed by atoms with van der Waals surface area (Å²) in [5.41, 5.74) is 4.29. The van der Waals surface area contributed by atoms with Crippen LogP contribution in [0.1, 0.15) is 17.0 Å². The average molecular weight is 321 g/mol. The number of pyridine rings is 1. The lowest BCUT2D eigenvalue weighted by Gasteiger charge is -2.08. The smallest absolute Gasteiger partial charge is 0.319 e. The Balaban J connectivity index is 1.71. The Morgan fingerprint density at radius 3 is 2.62 bits per heavy atom. The summed E-state index contributed by atoms with van der Waals surface area (Å²) in [6.45, 7) is 4.23. The summed E-state index contributed by atoms with van der Waals surface area (Å²) in [6, 6.07) is 13.3. The van der Waals surface area contributed by atoms with Crippen molar-refractivity contribution in [2.45, 2.75) is 20.4 Å². The summed E-state index contributed by atoms with van der Waals surface area (Å²) >= 11 is 0. The molecule has 0 spiro atoms. The van der Waals surface area contributed by atoms with Gasteiger partial charge in [0.25, 0.3) is 0 Å². The van der Waals surface area contributed by atoms with E-state index < -0.39 is 0 Å². The van der Waals surface area contributed by atoms with E-state index in [1.54, 1.807) is 12.4 Å². The molecule has 122 valence electrons. The SMILES string of the molecule is Cc1nn(-c2ccccc2)c(C)c1NC(=O)NCc1cccnc1. The number of amides is 2. The molecule has 0 aliphatic carbocycles. The maximum absolute atomic E-state index is 12.2. The van der Waals surface area contributed by atoms with Crippen LogP contribution in [-0.4, -0.2) is 20.8 Å². The van der Waals surface area contributed by atoms with Crippen LogP contribution in [0.3, 0.4) is 0 Å². The molecular weight excluding hydrogens is 302 g/mol. The van der Waals surface area contributed by atoms with Crippen LogP contribution in [0.15, 0.2) is 54.9 Å². The van der Waals surface area contributed by atoms with Crippen LogP contribution in [0.5, 0.6) is 0 Å². The molecule has 2 amide bonds. The molecule has 0 atom stereocenters. The van der Waals surface area contributed by atoms with Crippen molar-refractivity contribution in [3.05, 3.63) is 71.8 Å². The first kappa shape index (κ1) is 15.7. The largest absolute Gasteiger partial charge is 0.334 e. The number of anilines is 1. The van der Waals surface area contributed by atoms with E-state index in [-0.39, 0.29) is 6.03 Å². The number of carbonyl (C=O) groups is 1. The van der Waals surface area contributed by atoms with Crippen molar-refractivity contribution in [1.29, 1.82) is 0 Å². The second-order valence-electron chi connectivity index (χ2n) is 5.46. The third-order valence-electron chi connectivity index (χ3n) is 3.71. The molecule has 1 aromatic carbocycles. The van der Waals surface area contributed by atoms with Crippen LogP contribution in [-0.2, 0) is 6.54 Å². The lowest BCUT2D eigenvalue weighted by atomic mass is 10.3. The minimum Gasteiger partial charge on any atom is -0.334 e. The zero-order chi connectivity index (χ0) is 16.9. The first-order chi connectivity index (χ1) is 11.6. The van der Waals surface area contributed by atoms with E-state index in [1.165, 1.54) is 0 Å². The van der Waals surface area contributed by atoms with Gasteiger partial charge in [-0.05, 0) is 37.6 Å². The number of aromatic nitrogens is 3. The van der Waals surface area contributed by atoms with Gasteiger partial charge in [0.15, 0.2) is 0 Å². The summed E-state index contributed by atoms with van der Waals surface area (Å²) in [4.78, 5) is 16.2. The van der Waals surface area contributed by atoms with Crippen LogP contribution >= 0.6 is 0 Å². The summed E-state index contributed by atoms with van der Waals surface area (Å²) in [7, 11) is 0. The zero-order valence-corrected chi connectivity index (χ0v) is 13.7. The number of urea groups is 1. The number of benzene rings is 1. The topological polar surface area (TPSA) is 71.8 Å². The Hall–Kier alpha value is -3.15. The van der Waals surface area contributed by atoms with Crippen molar-refractivity contribution in [2.75, 3.05) is 5.32 Å². The number of nitrogens with zero attached hydrogens (tertiary/aromatic N) is 3. The predicted octanol–water partition coefficient (Wildman–Crippen LogP) is 3.21. The lowest BCUT2D eigenvalue weighted by Crippen LogP contribution is -2.28. The third kappa shape index (κ3) is 3.43. The normalized spacial score (nSPS) is 10.4. The molecule has 0 radical (unpaired) electrons. The highest BCUT2D eigenvalue weighted by Crippen LogP contribution is 2.22. The third-order valence-corrected chi connectivity index (χ3v) is 3.71. The van der Waals surface area contributed by atoms with Crippen LogP contribution in [0.2, 0.25) is 0 Å². The van der Waals surface area contributed by atoms with Crippen LogP contribution in [0.4, 0.5) is 10.5 Å². The molecule has 0 saturated carbocycles. The van der Waals surface area contributed by atoms with Gasteiger partial charge in [-0.25, -0.2) is 9.48 Å². The van der Waals surface area contributed by atoms with E-state index in [4.69, 9.17) is 0 Å². The van der Waals surface area contributed by atoms with Gasteiger partial charge in [-0.2, -0.15) is 5.10 Å². The predicted molar refractivity (Wildman–Crippen MR) is 93.1 cm³/mol. The average Bonchev–Trinajstić information content (AvgIpc) is 2.90. The number of hydrogen-bond donors (Lipinski definition) is 2. The molecule has 0 bridgehead atoms. The molecule has 0 aliphatic rings. The second-order valence-corrected chi connectivity index (χ2v) is 5.46. The van der Waals surface area contributed by atoms with Crippen molar-refractivity contribution in [3.63, 3.8) is 0 Å². The monoisotopic (exact) mass is 321 g/mol. The van der Waals surface area contributed by atoms with Crippen molar-refractivity contribution >= 4 is 11.7 Å². The molecule has 0 fully saturated rings. The quantitative estimate of drug-likeness (QED) is 0.775. The van der Waals surface area contributed by atoms with Gasteiger partial charge in [0.05, 0.1) is 22.8 Å². The zero-order valence-electron chi connectivity index (χ0n) is 13.7. The number of hydrogen-bond acceptors (Lipinski definition) is 3. The minimum atomic E-state index is -0.266. The molecule has 3 rings (SSSR count). The maximum atomic E-state index is 12.2. The Bertz CT molecular complexity index is 827. The fraction of sp³-hybridized carbons (Fsp3) is 0.167. The number of rotatable bonds is 4. The second kappa shape index (κ2) is 6.95. The van der Waals surface area contributed by atoms with Crippen LogP contribution < -0.4 is 10.6 Å². The van der Waals surface area contributed by atoms with Gasteiger partial charge in [0.2, 0.25) is 0 Å². The highest BCUT2D eigenvalue weighted by Gasteiger charge is 2.14. The van der Waals surface area contributed by atoms with Crippen molar-refractivity contribution in [2.24, 2.45) is 0 Å². The molecule has 0 aliphatic heterocycles. The molecule has 6 heteroatoms. The molecule has 0 saturated heterocycles. The van der Waals surface area contributed by atoms with E-state index in [0.717, 1.165) is 28.3 Å². The van der Waals surface area contributed by atoms with Gasteiger partial charge in [-0.3, -0.25) is 4.98 Å². The minimum absolute atomic E-state index is 0.266. The summed E-state index contributed by atoms with van der Waals surface area (Å²) < 4.78 is 1.83. The molecule has 6 nitrogen and oxygen atoms in total. The van der Waals surface area contributed by atoms with Crippen LogP contribution in [0, 0.1) is 13.8 Å². The fourth-order valence-electron chi connectivity index (χ4n) is 2.49. The van der Waals surface area contributed by atoms with Gasteiger partial charge in [0, 0.05) is 18.9 Å². The van der Waals surface area contributed by atoms with Gasteiger partial charge in [-0.15, -0.1) is 0 Å². The number of aryl methyl sites for hydroxylation is 1. The van der Waals surface area contributed by atoms with Crippen molar-refractivity contribution in [1.82, 2.24) is 20.1 Å². The van der Waals surface area contributed by atoms with Crippen molar-refractivity contribution in [3.8, 4) is 5.69 Å². The van der Waals surface area contributed by atoms with E-state index in [0.29, 0.717) is 6.54 Å². The number of para-hydroxylation sites is 1. The van der Waals surface area contributed by atoms with Gasteiger partial charge >= 0.3 is 6.03 Å². The molecule has 2 heterocycles. The summed E-state index contributed by atoms with van der Waals surface area (Å²) in [6.07, 6.45) is 3.43. The summed E-state index contributed by atoms with van der Waals surface area (Å²) in [5.74, 6) is 0. The Kier molecular flexibility index (Phi) is 4.56. The van der Waals surface area contributed by atoms with Crippen LogP contribution in [0.25, 0.3) is 5.69 Å². The molecule has 2 aromatic heterocycles. The fourth-order valence-corrected chi connectivity index (χ4v) is 2.49. The van der Waals surface area contributed by atoms with Gasteiger partial charge < -0.3 is 10.6 Å². The lowest BCUT2D eigenvalue weighted by molar-refractivity contribution is 0.251. The first-order valence-corrected chi connectivity index (χ1v) is 7.70. The van der Waals surface area contributed by atoms with E-state index in [9.17, 15) is 4.79 Å². The van der Waals surface area contributed by atoms with E-state index in [2.05, 4.69) is 20.7 Å². The first-order valence-electron chi connectivity index (χ1n) is 7.70. The number of nitrogens with one attached hydrogen (secondary N) is 2.